The summed E-state index contributed by atoms with van der Waals surface area (Å²) in [5.74, 6) is -6.40. The third kappa shape index (κ3) is 14.9. The van der Waals surface area contributed by atoms with E-state index in [4.69, 9.17) is 28.0 Å². The fourth-order valence-corrected chi connectivity index (χ4v) is 3.11. The molecule has 13 N–H and O–H groups in total. The first-order valence-electron chi connectivity index (χ1n) is 11.6. The lowest BCUT2D eigenvalue weighted by atomic mass is 10.0. The predicted octanol–water partition coefficient (Wildman–Crippen LogP) is -3.31. The van der Waals surface area contributed by atoms with Gasteiger partial charge in [-0.25, -0.2) is 4.79 Å². The number of nitrogens with zero attached hydrogens (tertiary/aromatic N) is 1. The molecule has 16 heteroatoms. The standard InChI is InChI=1S/C21H38N8O8/c1-10(2)8-13(18(34)27-12(20(36)37)5-6-16(31)32)29-19(35)14(9-15(23)30)28-17(33)11(22)4-3-7-26-21(24)25/h10-14H,3-9,22H2,1-2H3,(H2,23,30)(H,27,34)(H,28,33)(H,29,35)(H,31,32)(H,36,37)(H4,24,25,26). The topological polar surface area (TPSA) is 295 Å². The maximum atomic E-state index is 12.9. The van der Waals surface area contributed by atoms with Gasteiger partial charge in [-0.3, -0.25) is 29.0 Å². The van der Waals surface area contributed by atoms with Gasteiger partial charge in [0.1, 0.15) is 18.1 Å². The van der Waals surface area contributed by atoms with E-state index in [0.29, 0.717) is 6.42 Å². The number of guanidine groups is 1. The maximum Gasteiger partial charge on any atom is 0.326 e. The molecule has 37 heavy (non-hydrogen) atoms. The van der Waals surface area contributed by atoms with Gasteiger partial charge in [0.25, 0.3) is 0 Å². The van der Waals surface area contributed by atoms with Gasteiger partial charge in [-0.1, -0.05) is 13.8 Å². The van der Waals surface area contributed by atoms with E-state index in [2.05, 4.69) is 20.9 Å². The predicted molar refractivity (Wildman–Crippen MR) is 131 cm³/mol. The van der Waals surface area contributed by atoms with Crippen LogP contribution in [0.15, 0.2) is 4.99 Å². The first-order chi connectivity index (χ1) is 17.1. The highest BCUT2D eigenvalue weighted by molar-refractivity contribution is 5.96. The molecule has 0 aromatic rings. The molecule has 4 atom stereocenters. The maximum absolute atomic E-state index is 12.9. The van der Waals surface area contributed by atoms with Crippen LogP contribution < -0.4 is 38.9 Å². The number of hydrogen-bond acceptors (Lipinski definition) is 8. The fraction of sp³-hybridized carbons (Fsp3) is 0.667. The zero-order valence-electron chi connectivity index (χ0n) is 20.9. The molecule has 16 nitrogen and oxygen atoms in total. The Balaban J connectivity index is 5.44. The monoisotopic (exact) mass is 530 g/mol. The number of aliphatic carboxylic acids is 2. The molecule has 0 radical (unpaired) electrons. The molecule has 0 aromatic carbocycles. The Morgan fingerprint density at radius 2 is 1.35 bits per heavy atom. The molecule has 0 fully saturated rings. The summed E-state index contributed by atoms with van der Waals surface area (Å²) in [6, 6.07) is -5.27. The van der Waals surface area contributed by atoms with Crippen LogP contribution >= 0.6 is 0 Å². The third-order valence-electron chi connectivity index (χ3n) is 4.94. The van der Waals surface area contributed by atoms with Crippen molar-refractivity contribution >= 4 is 41.5 Å². The van der Waals surface area contributed by atoms with E-state index in [1.54, 1.807) is 13.8 Å². The molecule has 0 rings (SSSR count). The van der Waals surface area contributed by atoms with E-state index in [-0.39, 0.29) is 37.7 Å². The minimum atomic E-state index is -1.51. The Labute approximate surface area is 214 Å². The van der Waals surface area contributed by atoms with Crippen molar-refractivity contribution in [2.24, 2.45) is 33.8 Å². The van der Waals surface area contributed by atoms with Crippen LogP contribution in [-0.2, 0) is 28.8 Å². The van der Waals surface area contributed by atoms with Gasteiger partial charge >= 0.3 is 11.9 Å². The van der Waals surface area contributed by atoms with Crippen molar-refractivity contribution < 1.29 is 39.0 Å². The van der Waals surface area contributed by atoms with E-state index >= 15 is 0 Å². The first-order valence-corrected chi connectivity index (χ1v) is 11.6. The van der Waals surface area contributed by atoms with E-state index in [0.717, 1.165) is 0 Å². The Hall–Kier alpha value is -3.95. The van der Waals surface area contributed by atoms with E-state index < -0.39 is 72.6 Å². The summed E-state index contributed by atoms with van der Waals surface area (Å²) in [6.45, 7) is 3.72. The van der Waals surface area contributed by atoms with Crippen molar-refractivity contribution in [1.29, 1.82) is 0 Å². The van der Waals surface area contributed by atoms with Crippen molar-refractivity contribution in [3.63, 3.8) is 0 Å². The molecule has 0 bridgehead atoms. The molecule has 0 saturated heterocycles. The van der Waals surface area contributed by atoms with Crippen LogP contribution in [0.4, 0.5) is 0 Å². The van der Waals surface area contributed by atoms with Crippen molar-refractivity contribution in [3.8, 4) is 0 Å². The van der Waals surface area contributed by atoms with Crippen LogP contribution in [0.1, 0.15) is 52.4 Å². The van der Waals surface area contributed by atoms with Gasteiger partial charge < -0.3 is 49.1 Å². The Bertz CT molecular complexity index is 859. The summed E-state index contributed by atoms with van der Waals surface area (Å²) in [5.41, 5.74) is 21.5. The first kappa shape index (κ1) is 33.0. The number of carboxylic acids is 2. The molecule has 0 spiro atoms. The van der Waals surface area contributed by atoms with Gasteiger partial charge in [-0.2, -0.15) is 0 Å². The second-order valence-corrected chi connectivity index (χ2v) is 8.81. The van der Waals surface area contributed by atoms with Crippen molar-refractivity contribution in [2.75, 3.05) is 6.54 Å². The van der Waals surface area contributed by atoms with E-state index in [9.17, 15) is 33.9 Å². The van der Waals surface area contributed by atoms with Gasteiger partial charge in [0.15, 0.2) is 5.96 Å². The van der Waals surface area contributed by atoms with E-state index in [1.165, 1.54) is 0 Å². The number of nitrogens with two attached hydrogens (primary N) is 4. The zero-order chi connectivity index (χ0) is 28.7. The molecule has 0 aliphatic carbocycles. The summed E-state index contributed by atoms with van der Waals surface area (Å²) in [7, 11) is 0. The highest BCUT2D eigenvalue weighted by Gasteiger charge is 2.31. The van der Waals surface area contributed by atoms with Crippen LogP contribution in [0.2, 0.25) is 0 Å². The number of carbonyl (C=O) groups is 6. The van der Waals surface area contributed by atoms with Crippen LogP contribution in [0.3, 0.4) is 0 Å². The summed E-state index contributed by atoms with van der Waals surface area (Å²) in [4.78, 5) is 75.6. The van der Waals surface area contributed by atoms with Crippen LogP contribution in [-0.4, -0.2) is 82.5 Å². The average molecular weight is 531 g/mol. The molecule has 0 aliphatic heterocycles. The second-order valence-electron chi connectivity index (χ2n) is 8.81. The number of carboxylic acid groups (broad SMARTS) is 2. The van der Waals surface area contributed by atoms with Crippen molar-refractivity contribution in [2.45, 2.75) is 76.5 Å². The Morgan fingerprint density at radius 3 is 1.84 bits per heavy atom. The normalized spacial score (nSPS) is 13.9. The SMILES string of the molecule is CC(C)CC(NC(=O)C(CC(N)=O)NC(=O)C(N)CCCN=C(N)N)C(=O)NC(CCC(=O)O)C(=O)O. The van der Waals surface area contributed by atoms with E-state index in [1.807, 2.05) is 0 Å². The minimum absolute atomic E-state index is 0.0738. The number of nitrogens with one attached hydrogen (secondary N) is 3. The van der Waals surface area contributed by atoms with Gasteiger partial charge in [-0.05, 0) is 31.6 Å². The summed E-state index contributed by atoms with van der Waals surface area (Å²) in [5, 5.41) is 25.0. The lowest BCUT2D eigenvalue weighted by Crippen LogP contribution is -2.58. The second kappa shape index (κ2) is 16.7. The molecule has 0 aromatic heterocycles. The largest absolute Gasteiger partial charge is 0.481 e. The Morgan fingerprint density at radius 1 is 0.811 bits per heavy atom. The van der Waals surface area contributed by atoms with Gasteiger partial charge in [0.2, 0.25) is 23.6 Å². The number of primary amides is 1. The van der Waals surface area contributed by atoms with Gasteiger partial charge in [-0.15, -0.1) is 0 Å². The van der Waals surface area contributed by atoms with Crippen LogP contribution in [0, 0.1) is 5.92 Å². The highest BCUT2D eigenvalue weighted by Crippen LogP contribution is 2.08. The molecule has 4 amide bonds. The van der Waals surface area contributed by atoms with Gasteiger partial charge in [0.05, 0.1) is 12.5 Å². The fourth-order valence-electron chi connectivity index (χ4n) is 3.11. The van der Waals surface area contributed by atoms with Gasteiger partial charge in [0, 0.05) is 13.0 Å². The highest BCUT2D eigenvalue weighted by atomic mass is 16.4. The average Bonchev–Trinajstić information content (AvgIpc) is 2.76. The third-order valence-corrected chi connectivity index (χ3v) is 4.94. The number of rotatable bonds is 18. The van der Waals surface area contributed by atoms with Crippen LogP contribution in [0.5, 0.6) is 0 Å². The minimum Gasteiger partial charge on any atom is -0.481 e. The van der Waals surface area contributed by atoms with Crippen molar-refractivity contribution in [1.82, 2.24) is 16.0 Å². The molecule has 0 saturated carbocycles. The molecular weight excluding hydrogens is 492 g/mol. The molecule has 0 heterocycles. The van der Waals surface area contributed by atoms with Crippen molar-refractivity contribution in [3.05, 3.63) is 0 Å². The summed E-state index contributed by atoms with van der Waals surface area (Å²) in [6.07, 6.45) is -0.867. The number of aliphatic imine (C=N–C) groups is 1. The molecular formula is C21H38N8O8. The lowest BCUT2D eigenvalue weighted by molar-refractivity contribution is -0.143. The zero-order valence-corrected chi connectivity index (χ0v) is 20.9. The summed E-state index contributed by atoms with van der Waals surface area (Å²) < 4.78 is 0. The number of hydrogen-bond donors (Lipinski definition) is 9. The smallest absolute Gasteiger partial charge is 0.326 e. The number of carbonyl (C=O) groups excluding carboxylic acids is 4. The van der Waals surface area contributed by atoms with Crippen LogP contribution in [0.25, 0.3) is 0 Å². The molecule has 210 valence electrons. The summed E-state index contributed by atoms with van der Waals surface area (Å²) >= 11 is 0. The number of amides is 4. The Kier molecular flexibility index (Phi) is 14.9. The quantitative estimate of drug-likeness (QED) is 0.0480. The lowest BCUT2D eigenvalue weighted by Gasteiger charge is -2.25. The molecule has 0 aliphatic rings. The molecule has 4 unspecified atom stereocenters.